The lowest BCUT2D eigenvalue weighted by molar-refractivity contribution is -0.386. The maximum absolute atomic E-state index is 11.3. The van der Waals surface area contributed by atoms with Crippen molar-refractivity contribution in [3.63, 3.8) is 0 Å². The first-order valence-corrected chi connectivity index (χ1v) is 7.98. The van der Waals surface area contributed by atoms with Gasteiger partial charge >= 0.3 is 5.69 Å². The largest absolute Gasteiger partial charge is 0.380 e. The van der Waals surface area contributed by atoms with Crippen molar-refractivity contribution >= 4 is 23.1 Å². The number of nitrogens with zero attached hydrogens (tertiary/aromatic N) is 2. The van der Waals surface area contributed by atoms with E-state index >= 15 is 0 Å². The second-order valence-corrected chi connectivity index (χ2v) is 5.45. The van der Waals surface area contributed by atoms with Gasteiger partial charge in [-0.3, -0.25) is 10.1 Å². The zero-order chi connectivity index (χ0) is 15.0. The molecular weight excluding hydrogens is 274 g/mol. The quantitative estimate of drug-likeness (QED) is 0.430. The third-order valence-electron chi connectivity index (χ3n) is 3.11. The maximum Gasteiger partial charge on any atom is 0.305 e. The van der Waals surface area contributed by atoms with Crippen LogP contribution < -0.4 is 5.32 Å². The summed E-state index contributed by atoms with van der Waals surface area (Å²) < 4.78 is 0. The summed E-state index contributed by atoms with van der Waals surface area (Å²) >= 11 is 1.55. The number of para-hydroxylation sites is 1. The van der Waals surface area contributed by atoms with Crippen LogP contribution in [0.5, 0.6) is 0 Å². The summed E-state index contributed by atoms with van der Waals surface area (Å²) in [5.74, 6) is 0.859. The van der Waals surface area contributed by atoms with Crippen molar-refractivity contribution in [2.45, 2.75) is 25.7 Å². The van der Waals surface area contributed by atoms with Gasteiger partial charge in [-0.1, -0.05) is 19.9 Å². The predicted molar refractivity (Wildman–Crippen MR) is 85.8 cm³/mol. The van der Waals surface area contributed by atoms with E-state index in [9.17, 15) is 10.1 Å². The summed E-state index contributed by atoms with van der Waals surface area (Å²) in [6.07, 6.45) is 0. The highest BCUT2D eigenvalue weighted by Gasteiger charge is 2.19. The van der Waals surface area contributed by atoms with Crippen LogP contribution in [0.1, 0.15) is 20.8 Å². The number of anilines is 1. The molecular formula is C14H23N3O2S. The Labute approximate surface area is 124 Å². The Morgan fingerprint density at radius 3 is 2.55 bits per heavy atom. The van der Waals surface area contributed by atoms with E-state index in [4.69, 9.17) is 0 Å². The van der Waals surface area contributed by atoms with Gasteiger partial charge in [0.05, 0.1) is 9.82 Å². The maximum atomic E-state index is 11.3. The van der Waals surface area contributed by atoms with Crippen molar-refractivity contribution in [2.24, 2.45) is 0 Å². The zero-order valence-electron chi connectivity index (χ0n) is 12.4. The van der Waals surface area contributed by atoms with Gasteiger partial charge < -0.3 is 10.2 Å². The summed E-state index contributed by atoms with van der Waals surface area (Å²) in [5.41, 5.74) is 0.796. The minimum atomic E-state index is -0.294. The Balaban J connectivity index is 2.78. The highest BCUT2D eigenvalue weighted by molar-refractivity contribution is 7.99. The molecule has 0 heterocycles. The summed E-state index contributed by atoms with van der Waals surface area (Å²) in [6.45, 7) is 9.83. The van der Waals surface area contributed by atoms with Crippen LogP contribution in [0.3, 0.4) is 0 Å². The first-order valence-electron chi connectivity index (χ1n) is 7.00. The van der Waals surface area contributed by atoms with Gasteiger partial charge in [0.25, 0.3) is 0 Å². The molecule has 6 heteroatoms. The fraction of sp³-hybridized carbons (Fsp3) is 0.571. The Morgan fingerprint density at radius 1 is 1.30 bits per heavy atom. The molecule has 112 valence electrons. The van der Waals surface area contributed by atoms with Gasteiger partial charge in [-0.2, -0.15) is 0 Å². The molecule has 1 aromatic carbocycles. The predicted octanol–water partition coefficient (Wildman–Crippen LogP) is 3.46. The Hall–Kier alpha value is -1.27. The molecule has 0 atom stereocenters. The van der Waals surface area contributed by atoms with Crippen LogP contribution in [0.4, 0.5) is 11.4 Å². The monoisotopic (exact) mass is 297 g/mol. The van der Waals surface area contributed by atoms with Crippen molar-refractivity contribution in [2.75, 3.05) is 37.2 Å². The van der Waals surface area contributed by atoms with Gasteiger partial charge in [0.1, 0.15) is 5.69 Å². The summed E-state index contributed by atoms with van der Waals surface area (Å²) in [5, 5.41) is 14.3. The Bertz CT molecular complexity index is 436. The summed E-state index contributed by atoms with van der Waals surface area (Å²) in [4.78, 5) is 14.0. The van der Waals surface area contributed by atoms with Crippen LogP contribution in [-0.4, -0.2) is 41.8 Å². The zero-order valence-corrected chi connectivity index (χ0v) is 13.2. The number of benzene rings is 1. The summed E-state index contributed by atoms with van der Waals surface area (Å²) in [7, 11) is 0. The molecule has 1 N–H and O–H groups in total. The van der Waals surface area contributed by atoms with Crippen LogP contribution in [0.2, 0.25) is 0 Å². The number of rotatable bonds is 9. The van der Waals surface area contributed by atoms with Gasteiger partial charge in [-0.25, -0.2) is 0 Å². The molecule has 0 unspecified atom stereocenters. The van der Waals surface area contributed by atoms with E-state index in [2.05, 4.69) is 24.1 Å². The fourth-order valence-electron chi connectivity index (χ4n) is 1.98. The summed E-state index contributed by atoms with van der Waals surface area (Å²) in [6, 6.07) is 5.45. The molecule has 0 bridgehead atoms. The molecule has 0 aliphatic heterocycles. The number of nitrogens with one attached hydrogen (secondary N) is 1. The lowest BCUT2D eigenvalue weighted by Crippen LogP contribution is -2.25. The number of hydrogen-bond donors (Lipinski definition) is 1. The molecule has 0 saturated heterocycles. The van der Waals surface area contributed by atoms with Crippen LogP contribution in [0, 0.1) is 10.1 Å². The van der Waals surface area contributed by atoms with E-state index in [-0.39, 0.29) is 10.6 Å². The SMILES string of the molecule is CCNc1cccc(SCCN(CC)CC)c1[N+](=O)[O-]. The molecule has 0 aliphatic rings. The van der Waals surface area contributed by atoms with Gasteiger partial charge in [-0.15, -0.1) is 11.8 Å². The molecule has 0 radical (unpaired) electrons. The lowest BCUT2D eigenvalue weighted by atomic mass is 10.2. The second-order valence-electron chi connectivity index (χ2n) is 4.32. The van der Waals surface area contributed by atoms with Gasteiger partial charge in [0.2, 0.25) is 0 Å². The Morgan fingerprint density at radius 2 is 2.00 bits per heavy atom. The average Bonchev–Trinajstić information content (AvgIpc) is 2.44. The standard InChI is InChI=1S/C14H23N3O2S/c1-4-15-12-8-7-9-13(14(12)17(18)19)20-11-10-16(5-2)6-3/h7-9,15H,4-6,10-11H2,1-3H3. The molecule has 0 aromatic heterocycles. The van der Waals surface area contributed by atoms with E-state index in [1.807, 2.05) is 19.1 Å². The number of nitro benzene ring substituents is 1. The van der Waals surface area contributed by atoms with Gasteiger partial charge in [0, 0.05) is 18.8 Å². The van der Waals surface area contributed by atoms with Crippen molar-refractivity contribution in [3.05, 3.63) is 28.3 Å². The minimum Gasteiger partial charge on any atom is -0.380 e. The first kappa shape index (κ1) is 16.8. The molecule has 0 amide bonds. The van der Waals surface area contributed by atoms with E-state index in [0.717, 1.165) is 30.3 Å². The molecule has 20 heavy (non-hydrogen) atoms. The number of hydrogen-bond acceptors (Lipinski definition) is 5. The smallest absolute Gasteiger partial charge is 0.305 e. The topological polar surface area (TPSA) is 58.4 Å². The van der Waals surface area contributed by atoms with Crippen molar-refractivity contribution in [1.29, 1.82) is 0 Å². The molecule has 0 spiro atoms. The van der Waals surface area contributed by atoms with Crippen LogP contribution in [0.15, 0.2) is 23.1 Å². The molecule has 1 rings (SSSR count). The third-order valence-corrected chi connectivity index (χ3v) is 4.14. The number of nitro groups is 1. The van der Waals surface area contributed by atoms with Crippen molar-refractivity contribution < 1.29 is 4.92 Å². The fourth-order valence-corrected chi connectivity index (χ4v) is 3.05. The van der Waals surface area contributed by atoms with Crippen LogP contribution in [0.25, 0.3) is 0 Å². The van der Waals surface area contributed by atoms with Crippen molar-refractivity contribution in [3.8, 4) is 0 Å². The average molecular weight is 297 g/mol. The van der Waals surface area contributed by atoms with E-state index in [1.54, 1.807) is 17.8 Å². The van der Waals surface area contributed by atoms with Gasteiger partial charge in [0.15, 0.2) is 0 Å². The molecule has 1 aromatic rings. The van der Waals surface area contributed by atoms with Crippen LogP contribution in [-0.2, 0) is 0 Å². The minimum absolute atomic E-state index is 0.193. The molecule has 0 fully saturated rings. The van der Waals surface area contributed by atoms with E-state index in [1.165, 1.54) is 0 Å². The third kappa shape index (κ3) is 4.68. The van der Waals surface area contributed by atoms with Gasteiger partial charge in [-0.05, 0) is 32.1 Å². The Kier molecular flexibility index (Phi) is 7.40. The molecule has 0 aliphatic carbocycles. The lowest BCUT2D eigenvalue weighted by Gasteiger charge is -2.17. The second kappa shape index (κ2) is 8.81. The first-order chi connectivity index (χ1) is 9.63. The van der Waals surface area contributed by atoms with Crippen LogP contribution >= 0.6 is 11.8 Å². The highest BCUT2D eigenvalue weighted by atomic mass is 32.2. The number of thioether (sulfide) groups is 1. The molecule has 0 saturated carbocycles. The molecule has 5 nitrogen and oxygen atoms in total. The van der Waals surface area contributed by atoms with Crippen molar-refractivity contribution in [1.82, 2.24) is 4.90 Å². The van der Waals surface area contributed by atoms with E-state index in [0.29, 0.717) is 12.2 Å². The van der Waals surface area contributed by atoms with E-state index < -0.39 is 0 Å². The normalized spacial score (nSPS) is 10.8. The highest BCUT2D eigenvalue weighted by Crippen LogP contribution is 2.35.